The molecule has 1 rings (SSSR count). The van der Waals surface area contributed by atoms with Gasteiger partial charge in [0.15, 0.2) is 0 Å². The number of hydrogen-bond donors (Lipinski definition) is 1. The van der Waals surface area contributed by atoms with Gasteiger partial charge >= 0.3 is 5.97 Å². The molecule has 0 saturated heterocycles. The van der Waals surface area contributed by atoms with Crippen LogP contribution in [0.3, 0.4) is 0 Å². The van der Waals surface area contributed by atoms with Crippen molar-refractivity contribution in [2.45, 2.75) is 39.7 Å². The number of rotatable bonds is 7. The van der Waals surface area contributed by atoms with Gasteiger partial charge in [-0.1, -0.05) is 6.07 Å². The molecule has 1 aromatic rings. The molecule has 5 nitrogen and oxygen atoms in total. The van der Waals surface area contributed by atoms with E-state index in [1.807, 2.05) is 32.0 Å². The fraction of sp³-hybridized carbons (Fsp3) is 0.500. The number of amides is 1. The highest BCUT2D eigenvalue weighted by Crippen LogP contribution is 2.07. The van der Waals surface area contributed by atoms with Crippen LogP contribution in [0.25, 0.3) is 0 Å². The van der Waals surface area contributed by atoms with Crippen molar-refractivity contribution in [2.75, 3.05) is 6.54 Å². The molecular formula is C14H20N2O3. The minimum Gasteiger partial charge on any atom is -0.481 e. The molecule has 0 spiro atoms. The quantitative estimate of drug-likeness (QED) is 0.817. The molecule has 0 aliphatic heterocycles. The van der Waals surface area contributed by atoms with Crippen molar-refractivity contribution in [2.24, 2.45) is 0 Å². The van der Waals surface area contributed by atoms with E-state index >= 15 is 0 Å². The summed E-state index contributed by atoms with van der Waals surface area (Å²) < 4.78 is 0. The van der Waals surface area contributed by atoms with Crippen molar-refractivity contribution in [1.82, 2.24) is 9.88 Å². The first kappa shape index (κ1) is 15.1. The Labute approximate surface area is 113 Å². The van der Waals surface area contributed by atoms with Crippen LogP contribution in [0.5, 0.6) is 0 Å². The summed E-state index contributed by atoms with van der Waals surface area (Å²) in [7, 11) is 0. The molecule has 19 heavy (non-hydrogen) atoms. The highest BCUT2D eigenvalue weighted by atomic mass is 16.4. The molecular weight excluding hydrogens is 244 g/mol. The third kappa shape index (κ3) is 5.50. The second kappa shape index (κ2) is 7.51. The van der Waals surface area contributed by atoms with Crippen molar-refractivity contribution in [3.05, 3.63) is 29.6 Å². The zero-order chi connectivity index (χ0) is 14.3. The topological polar surface area (TPSA) is 70.5 Å². The molecule has 0 aromatic carbocycles. The highest BCUT2D eigenvalue weighted by molar-refractivity contribution is 5.76. The molecule has 104 valence electrons. The van der Waals surface area contributed by atoms with Gasteiger partial charge in [-0.25, -0.2) is 0 Å². The number of pyridine rings is 1. The molecule has 1 aromatic heterocycles. The first-order chi connectivity index (χ1) is 9.02. The van der Waals surface area contributed by atoms with Crippen LogP contribution in [0.4, 0.5) is 0 Å². The van der Waals surface area contributed by atoms with Gasteiger partial charge in [0.05, 0.1) is 12.2 Å². The fourth-order valence-electron chi connectivity index (χ4n) is 1.81. The van der Waals surface area contributed by atoms with Crippen molar-refractivity contribution in [1.29, 1.82) is 0 Å². The maximum absolute atomic E-state index is 12.0. The molecule has 0 aliphatic carbocycles. The average Bonchev–Trinajstić information content (AvgIpc) is 2.35. The van der Waals surface area contributed by atoms with Gasteiger partial charge in [0.25, 0.3) is 0 Å². The number of carbonyl (C=O) groups is 2. The molecule has 1 heterocycles. The Hall–Kier alpha value is -1.91. The molecule has 0 radical (unpaired) electrons. The maximum Gasteiger partial charge on any atom is 0.303 e. The minimum atomic E-state index is -0.865. The highest BCUT2D eigenvalue weighted by Gasteiger charge is 2.13. The van der Waals surface area contributed by atoms with Crippen LogP contribution in [-0.4, -0.2) is 33.4 Å². The largest absolute Gasteiger partial charge is 0.481 e. The summed E-state index contributed by atoms with van der Waals surface area (Å²) in [6.45, 7) is 4.89. The molecule has 0 fully saturated rings. The second-order valence-electron chi connectivity index (χ2n) is 4.43. The smallest absolute Gasteiger partial charge is 0.303 e. The molecule has 0 bridgehead atoms. The number of aryl methyl sites for hydroxylation is 1. The van der Waals surface area contributed by atoms with Gasteiger partial charge in [0, 0.05) is 25.1 Å². The second-order valence-corrected chi connectivity index (χ2v) is 4.43. The van der Waals surface area contributed by atoms with Gasteiger partial charge in [0.2, 0.25) is 5.91 Å². The number of hydrogen-bond acceptors (Lipinski definition) is 3. The summed E-state index contributed by atoms with van der Waals surface area (Å²) in [4.78, 5) is 28.4. The van der Waals surface area contributed by atoms with E-state index in [2.05, 4.69) is 4.98 Å². The number of aromatic nitrogens is 1. The Bertz CT molecular complexity index is 446. The van der Waals surface area contributed by atoms with Crippen LogP contribution in [0, 0.1) is 6.92 Å². The Kier molecular flexibility index (Phi) is 5.99. The van der Waals surface area contributed by atoms with E-state index in [0.29, 0.717) is 19.5 Å². The normalized spacial score (nSPS) is 10.2. The first-order valence-electron chi connectivity index (χ1n) is 6.45. The Morgan fingerprint density at radius 3 is 2.63 bits per heavy atom. The summed E-state index contributed by atoms with van der Waals surface area (Å²) in [6, 6.07) is 5.72. The average molecular weight is 264 g/mol. The van der Waals surface area contributed by atoms with Gasteiger partial charge in [0.1, 0.15) is 0 Å². The van der Waals surface area contributed by atoms with E-state index in [1.165, 1.54) is 0 Å². The van der Waals surface area contributed by atoms with Crippen LogP contribution >= 0.6 is 0 Å². The van der Waals surface area contributed by atoms with Gasteiger partial charge in [-0.2, -0.15) is 0 Å². The molecule has 5 heteroatoms. The molecule has 0 aliphatic rings. The van der Waals surface area contributed by atoms with E-state index < -0.39 is 5.97 Å². The lowest BCUT2D eigenvalue weighted by Gasteiger charge is -2.20. The zero-order valence-corrected chi connectivity index (χ0v) is 11.4. The Morgan fingerprint density at radius 2 is 2.05 bits per heavy atom. The predicted octanol–water partition coefficient (Wildman–Crippen LogP) is 1.99. The number of nitrogens with zero attached hydrogens (tertiary/aromatic N) is 2. The van der Waals surface area contributed by atoms with E-state index in [0.717, 1.165) is 11.4 Å². The van der Waals surface area contributed by atoms with Crippen LogP contribution in [0.2, 0.25) is 0 Å². The third-order valence-corrected chi connectivity index (χ3v) is 2.81. The van der Waals surface area contributed by atoms with E-state index in [4.69, 9.17) is 5.11 Å². The zero-order valence-electron chi connectivity index (χ0n) is 11.4. The minimum absolute atomic E-state index is 0.0212. The van der Waals surface area contributed by atoms with Crippen LogP contribution in [0.15, 0.2) is 18.2 Å². The number of aliphatic carboxylic acids is 1. The van der Waals surface area contributed by atoms with E-state index in [1.54, 1.807) is 4.90 Å². The molecule has 0 saturated carbocycles. The molecule has 0 unspecified atom stereocenters. The molecule has 0 atom stereocenters. The lowest BCUT2D eigenvalue weighted by Crippen LogP contribution is -2.30. The summed E-state index contributed by atoms with van der Waals surface area (Å²) in [5, 5.41) is 8.55. The lowest BCUT2D eigenvalue weighted by molar-refractivity contribution is -0.137. The van der Waals surface area contributed by atoms with Gasteiger partial charge in [-0.15, -0.1) is 0 Å². The van der Waals surface area contributed by atoms with Crippen molar-refractivity contribution in [3.8, 4) is 0 Å². The Morgan fingerprint density at radius 1 is 1.32 bits per heavy atom. The molecule has 1 amide bonds. The van der Waals surface area contributed by atoms with Gasteiger partial charge < -0.3 is 10.0 Å². The first-order valence-corrected chi connectivity index (χ1v) is 6.45. The van der Waals surface area contributed by atoms with Gasteiger partial charge in [-0.05, 0) is 32.4 Å². The fourth-order valence-corrected chi connectivity index (χ4v) is 1.81. The monoisotopic (exact) mass is 264 g/mol. The predicted molar refractivity (Wildman–Crippen MR) is 71.6 cm³/mol. The van der Waals surface area contributed by atoms with Gasteiger partial charge in [-0.3, -0.25) is 14.6 Å². The third-order valence-electron chi connectivity index (χ3n) is 2.81. The van der Waals surface area contributed by atoms with Crippen molar-refractivity contribution in [3.63, 3.8) is 0 Å². The van der Waals surface area contributed by atoms with E-state index in [-0.39, 0.29) is 18.7 Å². The molecule has 1 N–H and O–H groups in total. The lowest BCUT2D eigenvalue weighted by atomic mass is 10.2. The van der Waals surface area contributed by atoms with Crippen LogP contribution in [0.1, 0.15) is 37.6 Å². The van der Waals surface area contributed by atoms with Crippen LogP contribution in [-0.2, 0) is 16.1 Å². The summed E-state index contributed by atoms with van der Waals surface area (Å²) in [5.41, 5.74) is 1.78. The number of carboxylic acids is 1. The summed E-state index contributed by atoms with van der Waals surface area (Å²) in [5.74, 6) is -0.886. The van der Waals surface area contributed by atoms with Crippen LogP contribution < -0.4 is 0 Å². The standard InChI is InChI=1S/C14H20N2O3/c1-3-16(13(17)8-5-9-14(18)19)10-12-7-4-6-11(2)15-12/h4,6-7H,3,5,8-10H2,1-2H3,(H,18,19). The maximum atomic E-state index is 12.0. The summed E-state index contributed by atoms with van der Waals surface area (Å²) >= 11 is 0. The van der Waals surface area contributed by atoms with Crippen molar-refractivity contribution >= 4 is 11.9 Å². The van der Waals surface area contributed by atoms with E-state index in [9.17, 15) is 9.59 Å². The SMILES string of the molecule is CCN(Cc1cccc(C)n1)C(=O)CCCC(=O)O. The number of carboxylic acid groups (broad SMARTS) is 1. The Balaban J connectivity index is 2.52. The number of carbonyl (C=O) groups excluding carboxylic acids is 1. The summed E-state index contributed by atoms with van der Waals surface area (Å²) in [6.07, 6.45) is 0.684. The van der Waals surface area contributed by atoms with Crippen molar-refractivity contribution < 1.29 is 14.7 Å².